The average Bonchev–Trinajstić information content (AvgIpc) is 2.82. The van der Waals surface area contributed by atoms with Crippen LogP contribution in [-0.4, -0.2) is 14.5 Å². The molecule has 0 saturated carbocycles. The molecule has 18 heavy (non-hydrogen) atoms. The number of hydrogen-bond acceptors (Lipinski definition) is 3. The van der Waals surface area contributed by atoms with Gasteiger partial charge >= 0.3 is 0 Å². The normalized spacial score (nSPS) is 10.7. The van der Waals surface area contributed by atoms with Gasteiger partial charge < -0.3 is 9.88 Å². The number of hydrogen-bond donors (Lipinski definition) is 1. The molecule has 0 spiro atoms. The van der Waals surface area contributed by atoms with Gasteiger partial charge in [0.05, 0.1) is 6.54 Å². The molecule has 0 fully saturated rings. The smallest absolute Gasteiger partial charge is 0.127 e. The summed E-state index contributed by atoms with van der Waals surface area (Å²) in [5, 5.41) is 5.74. The molecular formula is C14H14N4. The molecule has 0 bridgehead atoms. The van der Waals surface area contributed by atoms with E-state index in [-0.39, 0.29) is 0 Å². The van der Waals surface area contributed by atoms with Gasteiger partial charge in [0, 0.05) is 48.3 Å². The zero-order chi connectivity index (χ0) is 12.4. The van der Waals surface area contributed by atoms with Gasteiger partial charge in [-0.1, -0.05) is 12.1 Å². The van der Waals surface area contributed by atoms with E-state index < -0.39 is 0 Å². The lowest BCUT2D eigenvalue weighted by Crippen LogP contribution is -2.05. The van der Waals surface area contributed by atoms with E-state index >= 15 is 0 Å². The van der Waals surface area contributed by atoms with Crippen molar-refractivity contribution in [3.63, 3.8) is 0 Å². The Morgan fingerprint density at radius 1 is 1.22 bits per heavy atom. The minimum Gasteiger partial charge on any atom is -0.377 e. The highest BCUT2D eigenvalue weighted by Crippen LogP contribution is 2.22. The van der Waals surface area contributed by atoms with E-state index in [1.165, 1.54) is 5.39 Å². The topological polar surface area (TPSA) is 42.7 Å². The van der Waals surface area contributed by atoms with Crippen LogP contribution in [0.5, 0.6) is 0 Å². The second kappa shape index (κ2) is 4.49. The Labute approximate surface area is 105 Å². The van der Waals surface area contributed by atoms with Gasteiger partial charge in [-0.2, -0.15) is 0 Å². The largest absolute Gasteiger partial charge is 0.377 e. The molecule has 4 heteroatoms. The lowest BCUT2D eigenvalue weighted by Gasteiger charge is -2.09. The monoisotopic (exact) mass is 238 g/mol. The molecule has 2 aromatic heterocycles. The number of benzene rings is 1. The molecular weight excluding hydrogens is 224 g/mol. The van der Waals surface area contributed by atoms with Gasteiger partial charge in [0.2, 0.25) is 0 Å². The van der Waals surface area contributed by atoms with E-state index in [0.29, 0.717) is 6.54 Å². The summed E-state index contributed by atoms with van der Waals surface area (Å²) in [7, 11) is 2.00. The lowest BCUT2D eigenvalue weighted by molar-refractivity contribution is 0.813. The maximum Gasteiger partial charge on any atom is 0.127 e. The third-order valence-electron chi connectivity index (χ3n) is 3.04. The lowest BCUT2D eigenvalue weighted by atomic mass is 10.1. The van der Waals surface area contributed by atoms with Crippen molar-refractivity contribution in [3.8, 4) is 0 Å². The first-order valence-electron chi connectivity index (χ1n) is 5.87. The summed E-state index contributed by atoms with van der Waals surface area (Å²) in [5.41, 5.74) is 1.11. The highest BCUT2D eigenvalue weighted by molar-refractivity contribution is 5.93. The summed E-state index contributed by atoms with van der Waals surface area (Å²) in [5.74, 6) is 1.01. The molecule has 0 atom stereocenters. The number of fused-ring (bicyclic) bond motifs is 1. The van der Waals surface area contributed by atoms with Gasteiger partial charge in [0.25, 0.3) is 0 Å². The third-order valence-corrected chi connectivity index (χ3v) is 3.04. The molecule has 3 aromatic rings. The second-order valence-electron chi connectivity index (χ2n) is 4.21. The van der Waals surface area contributed by atoms with Gasteiger partial charge in [-0.25, -0.2) is 4.98 Å². The number of pyridine rings is 1. The number of rotatable bonds is 3. The molecule has 2 heterocycles. The van der Waals surface area contributed by atoms with E-state index in [4.69, 9.17) is 0 Å². The van der Waals surface area contributed by atoms with Crippen LogP contribution in [0.25, 0.3) is 10.8 Å². The minimum absolute atomic E-state index is 0.713. The summed E-state index contributed by atoms with van der Waals surface area (Å²) < 4.78 is 2.01. The highest BCUT2D eigenvalue weighted by Gasteiger charge is 2.02. The molecule has 0 aliphatic rings. The van der Waals surface area contributed by atoms with Crippen LogP contribution in [-0.2, 0) is 13.6 Å². The summed E-state index contributed by atoms with van der Waals surface area (Å²) >= 11 is 0. The Bertz CT molecular complexity index is 667. The summed E-state index contributed by atoms with van der Waals surface area (Å²) in [6.07, 6.45) is 7.45. The van der Waals surface area contributed by atoms with Crippen molar-refractivity contribution in [2.45, 2.75) is 6.54 Å². The number of imidazole rings is 1. The first kappa shape index (κ1) is 10.8. The van der Waals surface area contributed by atoms with Gasteiger partial charge in [-0.05, 0) is 12.1 Å². The number of nitrogens with zero attached hydrogens (tertiary/aromatic N) is 3. The van der Waals surface area contributed by atoms with Crippen LogP contribution >= 0.6 is 0 Å². The van der Waals surface area contributed by atoms with E-state index in [1.807, 2.05) is 48.5 Å². The van der Waals surface area contributed by atoms with Crippen LogP contribution in [0.15, 0.2) is 49.1 Å². The molecule has 0 saturated heterocycles. The molecule has 0 aliphatic carbocycles. The van der Waals surface area contributed by atoms with Gasteiger partial charge in [-0.15, -0.1) is 0 Å². The maximum atomic E-state index is 4.30. The van der Waals surface area contributed by atoms with Crippen molar-refractivity contribution >= 4 is 16.5 Å². The SMILES string of the molecule is Cn1ccnc1CNc1cccc2cnccc12. The third kappa shape index (κ3) is 1.93. The fourth-order valence-electron chi connectivity index (χ4n) is 2.02. The number of aryl methyl sites for hydroxylation is 1. The van der Waals surface area contributed by atoms with E-state index in [2.05, 4.69) is 27.4 Å². The van der Waals surface area contributed by atoms with Crippen molar-refractivity contribution < 1.29 is 0 Å². The predicted molar refractivity (Wildman–Crippen MR) is 72.3 cm³/mol. The maximum absolute atomic E-state index is 4.30. The second-order valence-corrected chi connectivity index (χ2v) is 4.21. The van der Waals surface area contributed by atoms with Crippen LogP contribution in [0, 0.1) is 0 Å². The number of anilines is 1. The van der Waals surface area contributed by atoms with E-state index in [1.54, 1.807) is 0 Å². The molecule has 1 aromatic carbocycles. The predicted octanol–water partition coefficient (Wildman–Crippen LogP) is 2.58. The van der Waals surface area contributed by atoms with Crippen molar-refractivity contribution in [1.29, 1.82) is 0 Å². The van der Waals surface area contributed by atoms with E-state index in [9.17, 15) is 0 Å². The molecule has 0 unspecified atom stereocenters. The van der Waals surface area contributed by atoms with Gasteiger partial charge in [-0.3, -0.25) is 4.98 Å². The first-order valence-corrected chi connectivity index (χ1v) is 5.87. The summed E-state index contributed by atoms with van der Waals surface area (Å²) in [6.45, 7) is 0.713. The molecule has 0 radical (unpaired) electrons. The van der Waals surface area contributed by atoms with Crippen LogP contribution in [0.2, 0.25) is 0 Å². The summed E-state index contributed by atoms with van der Waals surface area (Å²) in [6, 6.07) is 8.19. The highest BCUT2D eigenvalue weighted by atomic mass is 15.1. The molecule has 90 valence electrons. The molecule has 1 N–H and O–H groups in total. The fourth-order valence-corrected chi connectivity index (χ4v) is 2.02. The quantitative estimate of drug-likeness (QED) is 0.762. The minimum atomic E-state index is 0.713. The molecule has 0 amide bonds. The van der Waals surface area contributed by atoms with Gasteiger partial charge in [0.1, 0.15) is 5.82 Å². The Morgan fingerprint density at radius 2 is 2.17 bits per heavy atom. The Balaban J connectivity index is 1.89. The number of aromatic nitrogens is 3. The van der Waals surface area contributed by atoms with Crippen molar-refractivity contribution in [3.05, 3.63) is 54.9 Å². The van der Waals surface area contributed by atoms with Crippen molar-refractivity contribution in [1.82, 2.24) is 14.5 Å². The molecule has 0 aliphatic heterocycles. The summed E-state index contributed by atoms with van der Waals surface area (Å²) in [4.78, 5) is 8.43. The first-order chi connectivity index (χ1) is 8.84. The van der Waals surface area contributed by atoms with Crippen molar-refractivity contribution in [2.24, 2.45) is 7.05 Å². The zero-order valence-electron chi connectivity index (χ0n) is 10.2. The molecule has 4 nitrogen and oxygen atoms in total. The Hall–Kier alpha value is -2.36. The fraction of sp³-hybridized carbons (Fsp3) is 0.143. The number of nitrogens with one attached hydrogen (secondary N) is 1. The van der Waals surface area contributed by atoms with Crippen LogP contribution in [0.4, 0.5) is 5.69 Å². The zero-order valence-corrected chi connectivity index (χ0v) is 10.2. The Kier molecular flexibility index (Phi) is 2.68. The van der Waals surface area contributed by atoms with Crippen molar-refractivity contribution in [2.75, 3.05) is 5.32 Å². The average molecular weight is 238 g/mol. The van der Waals surface area contributed by atoms with Crippen LogP contribution in [0.3, 0.4) is 0 Å². The Morgan fingerprint density at radius 3 is 3.00 bits per heavy atom. The molecule has 3 rings (SSSR count). The van der Waals surface area contributed by atoms with Crippen LogP contribution < -0.4 is 5.32 Å². The van der Waals surface area contributed by atoms with Gasteiger partial charge in [0.15, 0.2) is 0 Å². The van der Waals surface area contributed by atoms with E-state index in [0.717, 1.165) is 16.9 Å². The van der Waals surface area contributed by atoms with Crippen LogP contribution in [0.1, 0.15) is 5.82 Å². The standard InChI is InChI=1S/C14H14N4/c1-18-8-7-16-14(18)10-17-13-4-2-3-11-9-15-6-5-12(11)13/h2-9,17H,10H2,1H3.